The number of nitrogens with zero attached hydrogens (tertiary/aromatic N) is 3. The number of hydrogen-bond donors (Lipinski definition) is 0. The number of anilines is 3. The van der Waals surface area contributed by atoms with Crippen LogP contribution in [0.2, 0.25) is 0 Å². The molecule has 0 fully saturated rings. The van der Waals surface area contributed by atoms with Gasteiger partial charge in [0.05, 0.1) is 22.4 Å². The van der Waals surface area contributed by atoms with Gasteiger partial charge < -0.3 is 13.9 Å². The molecular formula is C53H35N3O. The number of fused-ring (bicyclic) bond motifs is 6. The van der Waals surface area contributed by atoms with Crippen molar-refractivity contribution in [1.82, 2.24) is 9.55 Å². The first-order chi connectivity index (χ1) is 28.3. The van der Waals surface area contributed by atoms with E-state index in [1.165, 1.54) is 21.7 Å². The number of aromatic nitrogens is 2. The second kappa shape index (κ2) is 13.6. The molecule has 0 aliphatic heterocycles. The van der Waals surface area contributed by atoms with Gasteiger partial charge in [-0.25, -0.2) is 4.98 Å². The average Bonchev–Trinajstić information content (AvgIpc) is 3.88. The van der Waals surface area contributed by atoms with Crippen molar-refractivity contribution in [2.24, 2.45) is 0 Å². The second-order valence-corrected chi connectivity index (χ2v) is 14.3. The molecule has 0 unspecified atom stereocenters. The molecular weight excluding hydrogens is 695 g/mol. The molecule has 11 rings (SSSR count). The van der Waals surface area contributed by atoms with Crippen LogP contribution in [0.4, 0.5) is 17.1 Å². The fourth-order valence-corrected chi connectivity index (χ4v) is 8.48. The second-order valence-electron chi connectivity index (χ2n) is 14.3. The van der Waals surface area contributed by atoms with Crippen LogP contribution in [-0.2, 0) is 0 Å². The van der Waals surface area contributed by atoms with Gasteiger partial charge in [0.1, 0.15) is 5.52 Å². The van der Waals surface area contributed by atoms with Crippen molar-refractivity contribution in [2.75, 3.05) is 4.90 Å². The number of rotatable bonds is 7. The smallest absolute Gasteiger partial charge is 0.228 e. The highest BCUT2D eigenvalue weighted by Gasteiger charge is 2.25. The van der Waals surface area contributed by atoms with Crippen LogP contribution in [0.15, 0.2) is 217 Å². The predicted octanol–water partition coefficient (Wildman–Crippen LogP) is 14.5. The Morgan fingerprint density at radius 2 is 1.04 bits per heavy atom. The van der Waals surface area contributed by atoms with E-state index < -0.39 is 0 Å². The van der Waals surface area contributed by atoms with E-state index in [1.54, 1.807) is 0 Å². The third-order valence-corrected chi connectivity index (χ3v) is 11.0. The van der Waals surface area contributed by atoms with Crippen molar-refractivity contribution >= 4 is 60.7 Å². The zero-order valence-corrected chi connectivity index (χ0v) is 31.0. The highest BCUT2D eigenvalue weighted by molar-refractivity contribution is 6.25. The first-order valence-electron chi connectivity index (χ1n) is 19.3. The van der Waals surface area contributed by atoms with E-state index in [4.69, 9.17) is 9.40 Å². The minimum absolute atomic E-state index is 0.583. The molecule has 0 amide bonds. The van der Waals surface area contributed by atoms with Gasteiger partial charge in [0.2, 0.25) is 5.89 Å². The number of benzene rings is 9. The summed E-state index contributed by atoms with van der Waals surface area (Å²) in [4.78, 5) is 7.72. The fraction of sp³-hybridized carbons (Fsp3) is 0. The zero-order chi connectivity index (χ0) is 37.7. The third kappa shape index (κ3) is 5.50. The van der Waals surface area contributed by atoms with Crippen molar-refractivity contribution in [3.8, 4) is 39.4 Å². The average molecular weight is 730 g/mol. The highest BCUT2D eigenvalue weighted by Crippen LogP contribution is 2.48. The molecule has 0 saturated heterocycles. The van der Waals surface area contributed by atoms with E-state index in [0.29, 0.717) is 5.89 Å². The minimum Gasteiger partial charge on any atom is -0.436 e. The first-order valence-corrected chi connectivity index (χ1v) is 19.3. The summed E-state index contributed by atoms with van der Waals surface area (Å²) in [6.45, 7) is 0. The maximum absolute atomic E-state index is 6.70. The summed E-state index contributed by atoms with van der Waals surface area (Å²) in [6, 6.07) is 75.0. The van der Waals surface area contributed by atoms with Gasteiger partial charge >= 0.3 is 0 Å². The number of oxazole rings is 1. The molecule has 57 heavy (non-hydrogen) atoms. The van der Waals surface area contributed by atoms with E-state index in [2.05, 4.69) is 204 Å². The molecule has 0 atom stereocenters. The quantitative estimate of drug-likeness (QED) is 0.164. The lowest BCUT2D eigenvalue weighted by molar-refractivity contribution is 0.620. The normalized spacial score (nSPS) is 11.5. The van der Waals surface area contributed by atoms with Gasteiger partial charge in [-0.05, 0) is 82.2 Å². The lowest BCUT2D eigenvalue weighted by Crippen LogP contribution is -2.11. The monoisotopic (exact) mass is 729 g/mol. The van der Waals surface area contributed by atoms with Crippen LogP contribution in [0.5, 0.6) is 0 Å². The number of hydrogen-bond acceptors (Lipinski definition) is 3. The Labute approximate surface area is 330 Å². The summed E-state index contributed by atoms with van der Waals surface area (Å²) in [7, 11) is 0. The van der Waals surface area contributed by atoms with Crippen molar-refractivity contribution in [1.29, 1.82) is 0 Å². The Bertz CT molecular complexity index is 3240. The maximum atomic E-state index is 6.70. The summed E-state index contributed by atoms with van der Waals surface area (Å²) >= 11 is 0. The van der Waals surface area contributed by atoms with Crippen LogP contribution in [0, 0.1) is 0 Å². The van der Waals surface area contributed by atoms with Crippen molar-refractivity contribution in [3.63, 3.8) is 0 Å². The Kier molecular flexibility index (Phi) is 7.78. The lowest BCUT2D eigenvalue weighted by atomic mass is 9.99. The Morgan fingerprint density at radius 3 is 1.82 bits per heavy atom. The standard InChI is InChI=1S/C53H35N3O/c1-4-18-36(19-5-1)38-22-16-25-40(34-38)56(47-32-17-33-50-52(47)54-53(57-50)44-29-13-10-26-41(44)37-20-6-2-7-21-37)48-35-49-51(43-28-12-11-27-42(43)48)45-30-14-15-31-46(45)55(49)39-23-8-3-9-24-39/h1-35H. The Hall–Kier alpha value is -7.69. The van der Waals surface area contributed by atoms with Crippen LogP contribution in [0.25, 0.3) is 83.1 Å². The number of para-hydroxylation sites is 3. The molecule has 0 spiro atoms. The van der Waals surface area contributed by atoms with Crippen LogP contribution in [0.1, 0.15) is 0 Å². The lowest BCUT2D eigenvalue weighted by Gasteiger charge is -2.28. The van der Waals surface area contributed by atoms with Gasteiger partial charge in [-0.2, -0.15) is 0 Å². The summed E-state index contributed by atoms with van der Waals surface area (Å²) < 4.78 is 9.10. The molecule has 0 saturated carbocycles. The van der Waals surface area contributed by atoms with Crippen LogP contribution >= 0.6 is 0 Å². The molecule has 0 N–H and O–H groups in total. The zero-order valence-electron chi connectivity index (χ0n) is 31.0. The van der Waals surface area contributed by atoms with E-state index in [0.717, 1.165) is 72.6 Å². The van der Waals surface area contributed by atoms with Gasteiger partial charge in [-0.3, -0.25) is 0 Å². The van der Waals surface area contributed by atoms with E-state index in [-0.39, 0.29) is 0 Å². The molecule has 268 valence electrons. The van der Waals surface area contributed by atoms with Gasteiger partial charge in [0.15, 0.2) is 5.58 Å². The summed E-state index contributed by atoms with van der Waals surface area (Å²) in [5.74, 6) is 0.583. The van der Waals surface area contributed by atoms with Crippen LogP contribution < -0.4 is 4.90 Å². The van der Waals surface area contributed by atoms with Gasteiger partial charge in [-0.1, -0.05) is 158 Å². The molecule has 4 nitrogen and oxygen atoms in total. The van der Waals surface area contributed by atoms with Crippen LogP contribution in [-0.4, -0.2) is 9.55 Å². The molecule has 0 bridgehead atoms. The SMILES string of the molecule is c1ccc(-c2cccc(N(c3cc4c(c5ccccc35)c3ccccc3n4-c3ccccc3)c3cccc4oc(-c5ccccc5-c5ccccc5)nc34)c2)cc1. The predicted molar refractivity (Wildman–Crippen MR) is 237 cm³/mol. The highest BCUT2D eigenvalue weighted by atomic mass is 16.3. The van der Waals surface area contributed by atoms with E-state index in [9.17, 15) is 0 Å². The molecule has 2 aromatic heterocycles. The molecule has 9 aromatic carbocycles. The van der Waals surface area contributed by atoms with Crippen molar-refractivity contribution in [2.45, 2.75) is 0 Å². The fourth-order valence-electron chi connectivity index (χ4n) is 8.48. The summed E-state index contributed by atoms with van der Waals surface area (Å²) in [6.07, 6.45) is 0. The topological polar surface area (TPSA) is 34.2 Å². The molecule has 4 heteroatoms. The molecule has 2 heterocycles. The van der Waals surface area contributed by atoms with Crippen molar-refractivity contribution in [3.05, 3.63) is 212 Å². The Morgan fingerprint density at radius 1 is 0.421 bits per heavy atom. The molecule has 0 aliphatic carbocycles. The Balaban J connectivity index is 1.22. The van der Waals surface area contributed by atoms with Crippen molar-refractivity contribution < 1.29 is 4.42 Å². The minimum atomic E-state index is 0.583. The van der Waals surface area contributed by atoms with Gasteiger partial charge in [0.25, 0.3) is 0 Å². The summed E-state index contributed by atoms with van der Waals surface area (Å²) in [5.41, 5.74) is 13.3. The maximum Gasteiger partial charge on any atom is 0.228 e. The van der Waals surface area contributed by atoms with E-state index in [1.807, 2.05) is 18.2 Å². The largest absolute Gasteiger partial charge is 0.436 e. The summed E-state index contributed by atoms with van der Waals surface area (Å²) in [5, 5.41) is 4.77. The molecule has 11 aromatic rings. The van der Waals surface area contributed by atoms with E-state index >= 15 is 0 Å². The molecule has 0 radical (unpaired) electrons. The van der Waals surface area contributed by atoms with Gasteiger partial charge in [-0.15, -0.1) is 0 Å². The molecule has 0 aliphatic rings. The third-order valence-electron chi connectivity index (χ3n) is 11.0. The van der Waals surface area contributed by atoms with Gasteiger partial charge in [0, 0.05) is 33.1 Å². The first kappa shape index (κ1) is 32.7. The van der Waals surface area contributed by atoms with Crippen LogP contribution in [0.3, 0.4) is 0 Å².